The van der Waals surface area contributed by atoms with Crippen molar-refractivity contribution in [2.75, 3.05) is 6.54 Å². The van der Waals surface area contributed by atoms with Crippen molar-refractivity contribution in [3.8, 4) is 0 Å². The summed E-state index contributed by atoms with van der Waals surface area (Å²) in [6.07, 6.45) is 2.61. The minimum atomic E-state index is -0.0151. The summed E-state index contributed by atoms with van der Waals surface area (Å²) in [5.74, 6) is -0.0151. The van der Waals surface area contributed by atoms with E-state index in [1.54, 1.807) is 10.9 Å². The fourth-order valence-corrected chi connectivity index (χ4v) is 2.92. The van der Waals surface area contributed by atoms with Crippen LogP contribution in [0.1, 0.15) is 21.7 Å². The number of carbonyl (C=O) groups excluding carboxylic acids is 1. The number of carbonyl (C=O) groups is 1. The summed E-state index contributed by atoms with van der Waals surface area (Å²) in [4.78, 5) is 14.6. The monoisotopic (exact) mass is 281 g/mol. The molecule has 4 rings (SSSR count). The van der Waals surface area contributed by atoms with Crippen LogP contribution in [-0.4, -0.2) is 37.3 Å². The first-order valence-corrected chi connectivity index (χ1v) is 6.96. The van der Waals surface area contributed by atoms with Crippen molar-refractivity contribution < 1.29 is 4.79 Å². The Bertz CT molecular complexity index is 832. The van der Waals surface area contributed by atoms with Crippen LogP contribution in [-0.2, 0) is 20.0 Å². The van der Waals surface area contributed by atoms with E-state index in [-0.39, 0.29) is 5.91 Å². The summed E-state index contributed by atoms with van der Waals surface area (Å²) in [5.41, 5.74) is 3.72. The fourth-order valence-electron chi connectivity index (χ4n) is 2.92. The van der Waals surface area contributed by atoms with Crippen LogP contribution < -0.4 is 0 Å². The summed E-state index contributed by atoms with van der Waals surface area (Å²) >= 11 is 0. The number of amides is 1. The Morgan fingerprint density at radius 1 is 1.33 bits per heavy atom. The zero-order valence-electron chi connectivity index (χ0n) is 11.7. The number of aromatic amines is 1. The van der Waals surface area contributed by atoms with Crippen molar-refractivity contribution in [2.45, 2.75) is 13.0 Å². The topological polar surface area (TPSA) is 66.8 Å². The second kappa shape index (κ2) is 4.44. The van der Waals surface area contributed by atoms with Crippen LogP contribution in [0.25, 0.3) is 10.9 Å². The van der Waals surface area contributed by atoms with Gasteiger partial charge in [0, 0.05) is 43.2 Å². The van der Waals surface area contributed by atoms with Crippen LogP contribution in [0.4, 0.5) is 0 Å². The first-order chi connectivity index (χ1) is 10.2. The highest BCUT2D eigenvalue weighted by atomic mass is 16.2. The molecule has 3 heterocycles. The van der Waals surface area contributed by atoms with Gasteiger partial charge in [-0.25, -0.2) is 0 Å². The predicted molar refractivity (Wildman–Crippen MR) is 77.7 cm³/mol. The van der Waals surface area contributed by atoms with Crippen molar-refractivity contribution in [3.63, 3.8) is 0 Å². The third-order valence-electron chi connectivity index (χ3n) is 4.05. The van der Waals surface area contributed by atoms with E-state index in [9.17, 15) is 4.79 Å². The molecule has 1 amide bonds. The molecule has 0 bridgehead atoms. The number of para-hydroxylation sites is 1. The first kappa shape index (κ1) is 12.1. The maximum absolute atomic E-state index is 12.8. The lowest BCUT2D eigenvalue weighted by Gasteiger charge is -2.25. The second-order valence-corrected chi connectivity index (χ2v) is 5.34. The molecule has 0 saturated heterocycles. The zero-order valence-corrected chi connectivity index (χ0v) is 11.7. The Hall–Kier alpha value is -2.63. The highest BCUT2D eigenvalue weighted by Gasteiger charge is 2.26. The number of fused-ring (bicyclic) bond motifs is 2. The molecule has 21 heavy (non-hydrogen) atoms. The zero-order chi connectivity index (χ0) is 14.4. The van der Waals surface area contributed by atoms with E-state index in [1.807, 2.05) is 36.2 Å². The fraction of sp³-hybridized carbons (Fsp3) is 0.267. The molecule has 106 valence electrons. The smallest absolute Gasteiger partial charge is 0.275 e. The normalized spacial score (nSPS) is 14.4. The largest absolute Gasteiger partial charge is 0.332 e. The highest BCUT2D eigenvalue weighted by molar-refractivity contribution is 6.04. The van der Waals surface area contributed by atoms with E-state index in [1.165, 1.54) is 0 Å². The molecule has 1 aliphatic heterocycles. The Labute approximate surface area is 121 Å². The van der Waals surface area contributed by atoms with Crippen molar-refractivity contribution in [1.29, 1.82) is 0 Å². The van der Waals surface area contributed by atoms with Crippen LogP contribution in [0.3, 0.4) is 0 Å². The standard InChI is InChI=1S/C15H15N5O/c1-19-13-5-3-2-4-11(13)14(18-19)15(21)20-7-6-12-10(9-20)8-16-17-12/h2-5,8H,6-7,9H2,1H3,(H,16,17). The molecular formula is C15H15N5O. The summed E-state index contributed by atoms with van der Waals surface area (Å²) in [6, 6.07) is 7.81. The Balaban J connectivity index is 1.71. The van der Waals surface area contributed by atoms with Crippen molar-refractivity contribution in [2.24, 2.45) is 7.05 Å². The summed E-state index contributed by atoms with van der Waals surface area (Å²) < 4.78 is 1.76. The lowest BCUT2D eigenvalue weighted by molar-refractivity contribution is 0.0729. The maximum Gasteiger partial charge on any atom is 0.275 e. The molecule has 0 saturated carbocycles. The molecule has 0 aliphatic carbocycles. The van der Waals surface area contributed by atoms with Crippen molar-refractivity contribution >= 4 is 16.8 Å². The maximum atomic E-state index is 12.8. The van der Waals surface area contributed by atoms with Gasteiger partial charge in [0.1, 0.15) is 0 Å². The van der Waals surface area contributed by atoms with Gasteiger partial charge in [-0.2, -0.15) is 10.2 Å². The number of nitrogens with zero attached hydrogens (tertiary/aromatic N) is 4. The molecule has 2 aromatic heterocycles. The molecule has 1 aliphatic rings. The van der Waals surface area contributed by atoms with Gasteiger partial charge in [0.25, 0.3) is 5.91 Å². The number of hydrogen-bond donors (Lipinski definition) is 1. The van der Waals surface area contributed by atoms with Gasteiger partial charge in [0.2, 0.25) is 0 Å². The molecular weight excluding hydrogens is 266 g/mol. The van der Waals surface area contributed by atoms with E-state index in [0.717, 1.165) is 28.6 Å². The third-order valence-corrected chi connectivity index (χ3v) is 4.05. The van der Waals surface area contributed by atoms with Gasteiger partial charge in [-0.3, -0.25) is 14.6 Å². The van der Waals surface area contributed by atoms with Gasteiger partial charge < -0.3 is 4.90 Å². The van der Waals surface area contributed by atoms with Crippen molar-refractivity contribution in [1.82, 2.24) is 24.9 Å². The highest BCUT2D eigenvalue weighted by Crippen LogP contribution is 2.22. The molecule has 6 nitrogen and oxygen atoms in total. The number of hydrogen-bond acceptors (Lipinski definition) is 3. The Morgan fingerprint density at radius 3 is 3.10 bits per heavy atom. The lowest BCUT2D eigenvalue weighted by Crippen LogP contribution is -2.36. The second-order valence-electron chi connectivity index (χ2n) is 5.34. The SMILES string of the molecule is Cn1nc(C(=O)N2CCc3[nH]ncc3C2)c2ccccc21. The minimum absolute atomic E-state index is 0.0151. The molecule has 0 radical (unpaired) electrons. The summed E-state index contributed by atoms with van der Waals surface area (Å²) in [6.45, 7) is 1.29. The van der Waals surface area contributed by atoms with Crippen LogP contribution in [0.15, 0.2) is 30.5 Å². The quantitative estimate of drug-likeness (QED) is 0.735. The van der Waals surface area contributed by atoms with Gasteiger partial charge in [-0.05, 0) is 6.07 Å². The minimum Gasteiger partial charge on any atom is -0.332 e. The van der Waals surface area contributed by atoms with Gasteiger partial charge in [-0.15, -0.1) is 0 Å². The molecule has 1 N–H and O–H groups in total. The average Bonchev–Trinajstić information content (AvgIpc) is 3.11. The number of benzene rings is 1. The molecule has 0 spiro atoms. The Morgan fingerprint density at radius 2 is 2.19 bits per heavy atom. The molecule has 3 aromatic rings. The molecule has 0 fully saturated rings. The predicted octanol–water partition coefficient (Wildman–Crippen LogP) is 1.49. The van der Waals surface area contributed by atoms with Crippen LogP contribution in [0.2, 0.25) is 0 Å². The van der Waals surface area contributed by atoms with Crippen LogP contribution >= 0.6 is 0 Å². The number of aromatic nitrogens is 4. The summed E-state index contributed by atoms with van der Waals surface area (Å²) in [7, 11) is 1.86. The third kappa shape index (κ3) is 1.83. The van der Waals surface area contributed by atoms with Crippen molar-refractivity contribution in [3.05, 3.63) is 47.4 Å². The molecule has 0 unspecified atom stereocenters. The van der Waals surface area contributed by atoms with Crippen LogP contribution in [0, 0.1) is 0 Å². The average molecular weight is 281 g/mol. The van der Waals surface area contributed by atoms with Gasteiger partial charge in [0.05, 0.1) is 11.7 Å². The van der Waals surface area contributed by atoms with E-state index >= 15 is 0 Å². The summed E-state index contributed by atoms with van der Waals surface area (Å²) in [5, 5.41) is 12.3. The van der Waals surface area contributed by atoms with E-state index in [4.69, 9.17) is 0 Å². The van der Waals surface area contributed by atoms with E-state index in [2.05, 4.69) is 15.3 Å². The van der Waals surface area contributed by atoms with E-state index < -0.39 is 0 Å². The number of nitrogens with one attached hydrogen (secondary N) is 1. The number of H-pyrrole nitrogens is 1. The number of aryl methyl sites for hydroxylation is 1. The van der Waals surface area contributed by atoms with Gasteiger partial charge >= 0.3 is 0 Å². The van der Waals surface area contributed by atoms with Gasteiger partial charge in [0.15, 0.2) is 5.69 Å². The molecule has 0 atom stereocenters. The Kier molecular flexibility index (Phi) is 2.57. The van der Waals surface area contributed by atoms with Gasteiger partial charge in [-0.1, -0.05) is 18.2 Å². The molecule has 6 heteroatoms. The lowest BCUT2D eigenvalue weighted by atomic mass is 10.1. The molecule has 1 aromatic carbocycles. The van der Waals surface area contributed by atoms with Crippen LogP contribution in [0.5, 0.6) is 0 Å². The van der Waals surface area contributed by atoms with E-state index in [0.29, 0.717) is 18.8 Å². The number of rotatable bonds is 1. The first-order valence-electron chi connectivity index (χ1n) is 6.96.